The smallest absolute Gasteiger partial charge is 0.428 e. The normalized spacial score (nSPS) is 16.8. The van der Waals surface area contributed by atoms with Gasteiger partial charge in [-0.25, -0.2) is 4.79 Å². The summed E-state index contributed by atoms with van der Waals surface area (Å²) < 4.78 is 50.0. The molecule has 4 nitrogen and oxygen atoms in total. The van der Waals surface area contributed by atoms with Crippen LogP contribution in [0.4, 0.5) is 13.2 Å². The highest BCUT2D eigenvalue weighted by Crippen LogP contribution is 2.39. The van der Waals surface area contributed by atoms with E-state index in [1.165, 1.54) is 27.0 Å². The number of rotatable bonds is 6. The number of carbonyl (C=O) groups excluding carboxylic acids is 1. The van der Waals surface area contributed by atoms with Gasteiger partial charge in [-0.15, -0.1) is 0 Å². The second-order valence-electron chi connectivity index (χ2n) is 7.83. The lowest BCUT2D eigenvalue weighted by molar-refractivity contribution is -0.263. The Balaban J connectivity index is 5.39. The van der Waals surface area contributed by atoms with Gasteiger partial charge in [-0.3, -0.25) is 0 Å². The number of hydrogen-bond donors (Lipinski definition) is 1. The summed E-state index contributed by atoms with van der Waals surface area (Å²) >= 11 is 0. The predicted molar refractivity (Wildman–Crippen MR) is 88.9 cm³/mol. The molecule has 0 aliphatic rings. The number of esters is 1. The van der Waals surface area contributed by atoms with Crippen molar-refractivity contribution < 1.29 is 32.2 Å². The summed E-state index contributed by atoms with van der Waals surface area (Å²) in [5.41, 5.74) is -3.48. The van der Waals surface area contributed by atoms with E-state index >= 15 is 0 Å². The highest BCUT2D eigenvalue weighted by atomic mass is 28.4. The van der Waals surface area contributed by atoms with Gasteiger partial charge in [0.1, 0.15) is 0 Å². The molecule has 0 bridgehead atoms. The zero-order valence-electron chi connectivity index (χ0n) is 15.7. The minimum atomic E-state index is -5.15. The molecule has 1 N–H and O–H groups in total. The third-order valence-corrected chi connectivity index (χ3v) is 8.36. The molecule has 0 aliphatic heterocycles. The van der Waals surface area contributed by atoms with Crippen LogP contribution < -0.4 is 0 Å². The van der Waals surface area contributed by atoms with Crippen molar-refractivity contribution in [2.75, 3.05) is 0 Å². The molecule has 0 rings (SSSR count). The third kappa shape index (κ3) is 5.80. The van der Waals surface area contributed by atoms with E-state index in [9.17, 15) is 23.1 Å². The quantitative estimate of drug-likeness (QED) is 0.423. The van der Waals surface area contributed by atoms with Crippen molar-refractivity contribution >= 4 is 14.3 Å². The molecular formula is C16H29F3O4Si. The van der Waals surface area contributed by atoms with Crippen LogP contribution in [0.15, 0.2) is 11.8 Å². The topological polar surface area (TPSA) is 55.8 Å². The van der Waals surface area contributed by atoms with Gasteiger partial charge in [0.2, 0.25) is 8.32 Å². The number of hydrogen-bond acceptors (Lipinski definition) is 4. The van der Waals surface area contributed by atoms with Gasteiger partial charge in [0, 0.05) is 6.42 Å². The largest absolute Gasteiger partial charge is 0.549 e. The minimum absolute atomic E-state index is 0.111. The van der Waals surface area contributed by atoms with Crippen molar-refractivity contribution in [2.45, 2.75) is 84.0 Å². The molecule has 142 valence electrons. The summed E-state index contributed by atoms with van der Waals surface area (Å²) in [5, 5.41) is 9.82. The van der Waals surface area contributed by atoms with Crippen molar-refractivity contribution in [3.05, 3.63) is 11.8 Å². The summed E-state index contributed by atoms with van der Waals surface area (Å²) in [5.74, 6) is -1.70. The van der Waals surface area contributed by atoms with E-state index in [1.807, 2.05) is 33.9 Å². The van der Waals surface area contributed by atoms with Gasteiger partial charge in [0.25, 0.3) is 5.60 Å². The Hall–Kier alpha value is -1.02. The molecule has 0 aliphatic carbocycles. The standard InChI is InChI=1S/C16H29F3O4Si/c1-11(2)23-13(20)15(21,16(17,18)19)9-12(3)10-22-24(7,8)14(4,5)6/h10-11,21H,9H2,1-8H3/b12-10+. The average molecular weight is 370 g/mol. The highest BCUT2D eigenvalue weighted by Gasteiger charge is 2.61. The first-order chi connectivity index (χ1) is 10.4. The van der Waals surface area contributed by atoms with Crippen molar-refractivity contribution in [2.24, 2.45) is 0 Å². The van der Waals surface area contributed by atoms with Crippen LogP contribution in [0.2, 0.25) is 18.1 Å². The number of aliphatic hydroxyl groups is 1. The SMILES string of the molecule is C/C(=C\O[Si](C)(C)C(C)(C)C)CC(O)(C(=O)OC(C)C)C(F)(F)F. The van der Waals surface area contributed by atoms with Crippen LogP contribution >= 0.6 is 0 Å². The highest BCUT2D eigenvalue weighted by molar-refractivity contribution is 6.74. The predicted octanol–water partition coefficient (Wildman–Crippen LogP) is 4.55. The summed E-state index contributed by atoms with van der Waals surface area (Å²) in [6, 6.07) is 0. The molecule has 0 aromatic carbocycles. The van der Waals surface area contributed by atoms with E-state index in [0.717, 1.165) is 0 Å². The van der Waals surface area contributed by atoms with Crippen molar-refractivity contribution in [1.82, 2.24) is 0 Å². The summed E-state index contributed by atoms with van der Waals surface area (Å²) in [6.45, 7) is 14.1. The Morgan fingerprint density at radius 2 is 1.67 bits per heavy atom. The first-order valence-electron chi connectivity index (χ1n) is 7.77. The van der Waals surface area contributed by atoms with E-state index in [1.54, 1.807) is 0 Å². The summed E-state index contributed by atoms with van der Waals surface area (Å²) in [6.07, 6.45) is -5.63. The maximum Gasteiger partial charge on any atom is 0.428 e. The molecule has 0 radical (unpaired) electrons. The molecule has 0 fully saturated rings. The number of halogens is 3. The van der Waals surface area contributed by atoms with Crippen LogP contribution in [0, 0.1) is 0 Å². The fourth-order valence-corrected chi connectivity index (χ4v) is 2.32. The fraction of sp³-hybridized carbons (Fsp3) is 0.812. The lowest BCUT2D eigenvalue weighted by Crippen LogP contribution is -2.53. The minimum Gasteiger partial charge on any atom is -0.549 e. The molecule has 0 aromatic heterocycles. The molecule has 0 aromatic rings. The monoisotopic (exact) mass is 370 g/mol. The maximum absolute atomic E-state index is 13.2. The number of alkyl halides is 3. The molecule has 8 heteroatoms. The molecular weight excluding hydrogens is 341 g/mol. The molecule has 0 amide bonds. The van der Waals surface area contributed by atoms with Crippen LogP contribution in [0.25, 0.3) is 0 Å². The number of ether oxygens (including phenoxy) is 1. The van der Waals surface area contributed by atoms with Gasteiger partial charge in [0.15, 0.2) is 0 Å². The molecule has 0 heterocycles. The lowest BCUT2D eigenvalue weighted by atomic mass is 9.95. The van der Waals surface area contributed by atoms with Gasteiger partial charge in [-0.2, -0.15) is 13.2 Å². The fourth-order valence-electron chi connectivity index (χ4n) is 1.47. The Bertz CT molecular complexity index is 479. The first kappa shape index (κ1) is 23.0. The van der Waals surface area contributed by atoms with Crippen molar-refractivity contribution in [3.8, 4) is 0 Å². The average Bonchev–Trinajstić information content (AvgIpc) is 2.32. The van der Waals surface area contributed by atoms with Gasteiger partial charge >= 0.3 is 12.1 Å². The maximum atomic E-state index is 13.2. The molecule has 0 spiro atoms. The van der Waals surface area contributed by atoms with E-state index in [-0.39, 0.29) is 10.6 Å². The van der Waals surface area contributed by atoms with Crippen LogP contribution in [0.1, 0.15) is 48.0 Å². The van der Waals surface area contributed by atoms with Crippen LogP contribution in [0.3, 0.4) is 0 Å². The van der Waals surface area contributed by atoms with E-state index in [0.29, 0.717) is 0 Å². The van der Waals surface area contributed by atoms with E-state index in [4.69, 9.17) is 4.43 Å². The van der Waals surface area contributed by atoms with Crippen LogP contribution in [-0.2, 0) is 14.0 Å². The summed E-state index contributed by atoms with van der Waals surface area (Å²) in [7, 11) is -2.20. The zero-order chi connectivity index (χ0) is 19.6. The molecule has 0 saturated carbocycles. The second-order valence-corrected chi connectivity index (χ2v) is 12.6. The Morgan fingerprint density at radius 3 is 2.00 bits per heavy atom. The third-order valence-electron chi connectivity index (χ3n) is 4.04. The van der Waals surface area contributed by atoms with Crippen molar-refractivity contribution in [1.29, 1.82) is 0 Å². The molecule has 0 saturated heterocycles. The van der Waals surface area contributed by atoms with Gasteiger partial charge < -0.3 is 14.3 Å². The summed E-state index contributed by atoms with van der Waals surface area (Å²) in [4.78, 5) is 11.8. The van der Waals surface area contributed by atoms with Gasteiger partial charge in [-0.1, -0.05) is 20.8 Å². The van der Waals surface area contributed by atoms with E-state index in [2.05, 4.69) is 4.74 Å². The van der Waals surface area contributed by atoms with E-state index < -0.39 is 38.6 Å². The van der Waals surface area contributed by atoms with Crippen LogP contribution in [-0.4, -0.2) is 37.3 Å². The Labute approximate surface area is 143 Å². The molecule has 24 heavy (non-hydrogen) atoms. The lowest BCUT2D eigenvalue weighted by Gasteiger charge is -2.35. The van der Waals surface area contributed by atoms with Crippen molar-refractivity contribution in [3.63, 3.8) is 0 Å². The van der Waals surface area contributed by atoms with Crippen LogP contribution in [0.5, 0.6) is 0 Å². The van der Waals surface area contributed by atoms with Gasteiger partial charge in [-0.05, 0) is 44.5 Å². The second kappa shape index (κ2) is 7.47. The zero-order valence-corrected chi connectivity index (χ0v) is 16.7. The molecule has 1 atom stereocenters. The number of carbonyl (C=O) groups is 1. The van der Waals surface area contributed by atoms with Gasteiger partial charge in [0.05, 0.1) is 12.4 Å². The Kier molecular flexibility index (Phi) is 7.15. The molecule has 1 unspecified atom stereocenters. The Morgan fingerprint density at radius 1 is 1.21 bits per heavy atom. The first-order valence-corrected chi connectivity index (χ1v) is 10.7.